The zero-order chi connectivity index (χ0) is 17.4. The van der Waals surface area contributed by atoms with E-state index in [1.807, 2.05) is 0 Å². The zero-order valence-corrected chi connectivity index (χ0v) is 12.4. The highest BCUT2D eigenvalue weighted by Gasteiger charge is 2.31. The Morgan fingerprint density at radius 3 is 2.42 bits per heavy atom. The summed E-state index contributed by atoms with van der Waals surface area (Å²) in [7, 11) is 0. The summed E-state index contributed by atoms with van der Waals surface area (Å²) in [4.78, 5) is 13.6. The second-order valence-corrected chi connectivity index (χ2v) is 5.67. The lowest BCUT2D eigenvalue weighted by Gasteiger charge is -2.17. The molecule has 7 heteroatoms. The van der Waals surface area contributed by atoms with E-state index in [4.69, 9.17) is 0 Å². The molecule has 0 bridgehead atoms. The van der Waals surface area contributed by atoms with Gasteiger partial charge in [0.25, 0.3) is 5.91 Å². The van der Waals surface area contributed by atoms with E-state index in [-0.39, 0.29) is 18.3 Å². The standard InChI is InChI=1S/C17H13F4NO2/c18-11-3-1-9(2-4-11)10-5-6-22(8-10)17(24)12-7-13(19)15(21)16(23)14(12)20/h1-4,7,10,23H,5-6,8H2. The third-order valence-electron chi connectivity index (χ3n) is 4.18. The van der Waals surface area contributed by atoms with E-state index < -0.39 is 34.7 Å². The summed E-state index contributed by atoms with van der Waals surface area (Å²) in [5.74, 6) is -7.47. The van der Waals surface area contributed by atoms with Gasteiger partial charge in [-0.15, -0.1) is 0 Å². The van der Waals surface area contributed by atoms with Gasteiger partial charge in [-0.1, -0.05) is 12.1 Å². The van der Waals surface area contributed by atoms with Gasteiger partial charge in [0, 0.05) is 19.0 Å². The van der Waals surface area contributed by atoms with Gasteiger partial charge in [-0.2, -0.15) is 4.39 Å². The molecule has 0 saturated carbocycles. The summed E-state index contributed by atoms with van der Waals surface area (Å²) in [5, 5.41) is 9.22. The Morgan fingerprint density at radius 2 is 1.75 bits per heavy atom. The number of hydrogen-bond acceptors (Lipinski definition) is 2. The zero-order valence-electron chi connectivity index (χ0n) is 12.4. The second-order valence-electron chi connectivity index (χ2n) is 5.67. The lowest BCUT2D eigenvalue weighted by Crippen LogP contribution is -2.29. The molecule has 1 atom stereocenters. The minimum atomic E-state index is -1.73. The van der Waals surface area contributed by atoms with Crippen LogP contribution in [0.2, 0.25) is 0 Å². The van der Waals surface area contributed by atoms with Gasteiger partial charge in [0.2, 0.25) is 5.82 Å². The summed E-state index contributed by atoms with van der Waals surface area (Å²) in [5.41, 5.74) is 0.117. The van der Waals surface area contributed by atoms with Gasteiger partial charge < -0.3 is 10.0 Å². The van der Waals surface area contributed by atoms with Crippen LogP contribution in [-0.2, 0) is 0 Å². The normalized spacial score (nSPS) is 17.3. The van der Waals surface area contributed by atoms with Crippen LogP contribution in [0.15, 0.2) is 30.3 Å². The molecule has 0 aromatic heterocycles. The lowest BCUT2D eigenvalue weighted by atomic mass is 9.98. The van der Waals surface area contributed by atoms with Gasteiger partial charge in [0.1, 0.15) is 5.82 Å². The fourth-order valence-electron chi connectivity index (χ4n) is 2.87. The van der Waals surface area contributed by atoms with Crippen molar-refractivity contribution < 1.29 is 27.5 Å². The molecule has 0 aliphatic carbocycles. The molecule has 1 N–H and O–H groups in total. The number of benzene rings is 2. The number of aromatic hydroxyl groups is 1. The Labute approximate surface area is 135 Å². The first-order valence-electron chi connectivity index (χ1n) is 7.29. The Morgan fingerprint density at radius 1 is 1.08 bits per heavy atom. The van der Waals surface area contributed by atoms with Crippen LogP contribution >= 0.6 is 0 Å². The van der Waals surface area contributed by atoms with Gasteiger partial charge in [0.15, 0.2) is 17.4 Å². The van der Waals surface area contributed by atoms with Gasteiger partial charge >= 0.3 is 0 Å². The van der Waals surface area contributed by atoms with Crippen LogP contribution in [0, 0.1) is 23.3 Å². The topological polar surface area (TPSA) is 40.5 Å². The molecule has 1 heterocycles. The molecule has 2 aromatic carbocycles. The highest BCUT2D eigenvalue weighted by atomic mass is 19.2. The van der Waals surface area contributed by atoms with E-state index in [9.17, 15) is 27.5 Å². The Hall–Kier alpha value is -2.57. The molecule has 24 heavy (non-hydrogen) atoms. The van der Waals surface area contributed by atoms with Gasteiger partial charge in [-0.25, -0.2) is 13.2 Å². The monoisotopic (exact) mass is 339 g/mol. The molecule has 1 saturated heterocycles. The van der Waals surface area contributed by atoms with Crippen molar-refractivity contribution in [3.05, 3.63) is 64.7 Å². The Kier molecular flexibility index (Phi) is 4.17. The third kappa shape index (κ3) is 2.81. The van der Waals surface area contributed by atoms with Crippen molar-refractivity contribution in [1.29, 1.82) is 0 Å². The number of carbonyl (C=O) groups excluding carboxylic acids is 1. The molecule has 126 valence electrons. The summed E-state index contributed by atoms with van der Waals surface area (Å²) in [6.45, 7) is 0.531. The lowest BCUT2D eigenvalue weighted by molar-refractivity contribution is 0.0784. The quantitative estimate of drug-likeness (QED) is 0.671. The SMILES string of the molecule is O=C(c1cc(F)c(F)c(O)c1F)N1CCC(c2ccc(F)cc2)C1. The third-order valence-corrected chi connectivity index (χ3v) is 4.18. The molecular weight excluding hydrogens is 326 g/mol. The molecule has 1 fully saturated rings. The number of amides is 1. The molecule has 3 rings (SSSR count). The van der Waals surface area contributed by atoms with E-state index in [0.717, 1.165) is 5.56 Å². The minimum absolute atomic E-state index is 0.0588. The van der Waals surface area contributed by atoms with Crippen molar-refractivity contribution in [2.45, 2.75) is 12.3 Å². The molecular formula is C17H13F4NO2. The van der Waals surface area contributed by atoms with Crippen LogP contribution in [-0.4, -0.2) is 29.0 Å². The Balaban J connectivity index is 1.81. The Bertz CT molecular complexity index is 792. The van der Waals surface area contributed by atoms with Crippen LogP contribution in [0.4, 0.5) is 17.6 Å². The van der Waals surface area contributed by atoms with Crippen molar-refractivity contribution >= 4 is 5.91 Å². The summed E-state index contributed by atoms with van der Waals surface area (Å²) in [6.07, 6.45) is 0.578. The highest BCUT2D eigenvalue weighted by molar-refractivity contribution is 5.95. The number of phenols is 1. The average molecular weight is 339 g/mol. The molecule has 0 radical (unpaired) electrons. The van der Waals surface area contributed by atoms with E-state index in [2.05, 4.69) is 0 Å². The largest absolute Gasteiger partial charge is 0.503 e. The first kappa shape index (κ1) is 16.3. The second kappa shape index (κ2) is 6.14. The molecule has 1 aliphatic rings. The van der Waals surface area contributed by atoms with Gasteiger partial charge in [-0.05, 0) is 30.2 Å². The summed E-state index contributed by atoms with van der Waals surface area (Å²) in [6, 6.07) is 6.29. The van der Waals surface area contributed by atoms with Crippen molar-refractivity contribution in [3.63, 3.8) is 0 Å². The first-order valence-corrected chi connectivity index (χ1v) is 7.29. The van der Waals surface area contributed by atoms with Crippen molar-refractivity contribution in [3.8, 4) is 5.75 Å². The number of rotatable bonds is 2. The van der Waals surface area contributed by atoms with E-state index in [1.54, 1.807) is 12.1 Å². The fraction of sp³-hybridized carbons (Fsp3) is 0.235. The van der Waals surface area contributed by atoms with E-state index in [0.29, 0.717) is 19.0 Å². The van der Waals surface area contributed by atoms with Crippen LogP contribution in [0.25, 0.3) is 0 Å². The van der Waals surface area contributed by atoms with Gasteiger partial charge in [-0.3, -0.25) is 4.79 Å². The smallest absolute Gasteiger partial charge is 0.257 e. The number of likely N-dealkylation sites (tertiary alicyclic amines) is 1. The highest BCUT2D eigenvalue weighted by Crippen LogP contribution is 2.31. The van der Waals surface area contributed by atoms with Crippen LogP contribution in [0.5, 0.6) is 5.75 Å². The average Bonchev–Trinajstić information content (AvgIpc) is 3.06. The number of halogens is 4. The number of carbonyl (C=O) groups is 1. The molecule has 1 amide bonds. The van der Waals surface area contributed by atoms with Crippen molar-refractivity contribution in [2.75, 3.05) is 13.1 Å². The molecule has 1 aliphatic heterocycles. The number of nitrogens with zero attached hydrogens (tertiary/aromatic N) is 1. The molecule has 0 spiro atoms. The van der Waals surface area contributed by atoms with Crippen molar-refractivity contribution in [1.82, 2.24) is 4.90 Å². The predicted octanol–water partition coefficient (Wildman–Crippen LogP) is 3.58. The summed E-state index contributed by atoms with van der Waals surface area (Å²) < 4.78 is 53.3. The van der Waals surface area contributed by atoms with Crippen molar-refractivity contribution in [2.24, 2.45) is 0 Å². The molecule has 1 unspecified atom stereocenters. The van der Waals surface area contributed by atoms with Crippen LogP contribution in [0.1, 0.15) is 28.3 Å². The number of phenolic OH excluding ortho intramolecular Hbond substituents is 1. The van der Waals surface area contributed by atoms with E-state index >= 15 is 0 Å². The first-order chi connectivity index (χ1) is 11.4. The molecule has 2 aromatic rings. The van der Waals surface area contributed by atoms with Crippen LogP contribution in [0.3, 0.4) is 0 Å². The number of hydrogen-bond donors (Lipinski definition) is 1. The van der Waals surface area contributed by atoms with Gasteiger partial charge in [0.05, 0.1) is 5.56 Å². The van der Waals surface area contributed by atoms with Crippen LogP contribution < -0.4 is 0 Å². The predicted molar refractivity (Wildman–Crippen MR) is 77.6 cm³/mol. The molecule has 3 nitrogen and oxygen atoms in total. The van der Waals surface area contributed by atoms with E-state index in [1.165, 1.54) is 17.0 Å². The fourth-order valence-corrected chi connectivity index (χ4v) is 2.87. The maximum atomic E-state index is 13.9. The maximum Gasteiger partial charge on any atom is 0.257 e. The summed E-state index contributed by atoms with van der Waals surface area (Å²) >= 11 is 0. The minimum Gasteiger partial charge on any atom is -0.503 e. The maximum absolute atomic E-state index is 13.9.